The Kier molecular flexibility index (Phi) is 6.85. The molecule has 0 saturated carbocycles. The minimum Gasteiger partial charge on any atom is -0.358 e. The first-order valence-corrected chi connectivity index (χ1v) is 9.78. The summed E-state index contributed by atoms with van der Waals surface area (Å²) in [6.45, 7) is 5.88. The predicted molar refractivity (Wildman–Crippen MR) is 117 cm³/mol. The monoisotopic (exact) mass is 372 g/mol. The zero-order valence-corrected chi connectivity index (χ0v) is 16.7. The summed E-state index contributed by atoms with van der Waals surface area (Å²) in [5.41, 5.74) is 6.00. The number of nitrogens with one attached hydrogen (secondary N) is 1. The number of hydrogen-bond acceptors (Lipinski definition) is 2. The molecule has 144 valence electrons. The van der Waals surface area contributed by atoms with E-state index in [-0.39, 0.29) is 5.91 Å². The van der Waals surface area contributed by atoms with Gasteiger partial charge in [0.05, 0.1) is 6.54 Å². The lowest BCUT2D eigenvalue weighted by atomic mass is 10.1. The fraction of sp³-hybridized carbons (Fsp3) is 0.240. The van der Waals surface area contributed by atoms with E-state index in [0.717, 1.165) is 12.1 Å². The number of hydrogen-bond donors (Lipinski definition) is 1. The molecular formula is C25H28N2O. The number of rotatable bonds is 8. The summed E-state index contributed by atoms with van der Waals surface area (Å²) < 4.78 is 0. The van der Waals surface area contributed by atoms with Gasteiger partial charge in [-0.05, 0) is 54.7 Å². The van der Waals surface area contributed by atoms with Crippen LogP contribution in [-0.2, 0) is 17.8 Å². The lowest BCUT2D eigenvalue weighted by Gasteiger charge is -2.25. The van der Waals surface area contributed by atoms with E-state index in [1.165, 1.54) is 22.3 Å². The molecule has 0 fully saturated rings. The van der Waals surface area contributed by atoms with Crippen LogP contribution in [0.4, 0.5) is 5.69 Å². The molecule has 0 aliphatic heterocycles. The summed E-state index contributed by atoms with van der Waals surface area (Å²) in [7, 11) is 0. The second kappa shape index (κ2) is 9.75. The average Bonchev–Trinajstić information content (AvgIpc) is 2.70. The van der Waals surface area contributed by atoms with Crippen molar-refractivity contribution in [2.24, 2.45) is 0 Å². The van der Waals surface area contributed by atoms with Crippen LogP contribution in [0.15, 0.2) is 78.9 Å². The molecule has 0 bridgehead atoms. The van der Waals surface area contributed by atoms with Crippen molar-refractivity contribution in [3.8, 4) is 0 Å². The highest BCUT2D eigenvalue weighted by Crippen LogP contribution is 2.18. The smallest absolute Gasteiger partial charge is 0.239 e. The first kappa shape index (κ1) is 19.7. The first-order valence-electron chi connectivity index (χ1n) is 9.78. The Morgan fingerprint density at radius 3 is 2.39 bits per heavy atom. The van der Waals surface area contributed by atoms with Crippen molar-refractivity contribution in [3.05, 3.63) is 101 Å². The van der Waals surface area contributed by atoms with E-state index in [0.29, 0.717) is 19.6 Å². The van der Waals surface area contributed by atoms with E-state index in [1.54, 1.807) is 0 Å². The Morgan fingerprint density at radius 1 is 0.893 bits per heavy atom. The van der Waals surface area contributed by atoms with E-state index in [9.17, 15) is 4.79 Å². The predicted octanol–water partition coefficient (Wildman–Crippen LogP) is 4.67. The highest BCUT2D eigenvalue weighted by Gasteiger charge is 2.12. The van der Waals surface area contributed by atoms with Crippen LogP contribution in [0.5, 0.6) is 0 Å². The van der Waals surface area contributed by atoms with Crippen LogP contribution in [0.2, 0.25) is 0 Å². The number of benzene rings is 3. The van der Waals surface area contributed by atoms with Crippen LogP contribution in [0.3, 0.4) is 0 Å². The van der Waals surface area contributed by atoms with Gasteiger partial charge in [-0.1, -0.05) is 66.7 Å². The second-order valence-electron chi connectivity index (χ2n) is 7.21. The zero-order valence-electron chi connectivity index (χ0n) is 16.7. The van der Waals surface area contributed by atoms with Crippen molar-refractivity contribution in [3.63, 3.8) is 0 Å². The van der Waals surface area contributed by atoms with Gasteiger partial charge in [0.1, 0.15) is 0 Å². The number of amides is 1. The van der Waals surface area contributed by atoms with Crippen molar-refractivity contribution in [1.82, 2.24) is 5.32 Å². The number of anilines is 1. The first-order chi connectivity index (χ1) is 13.6. The summed E-state index contributed by atoms with van der Waals surface area (Å²) in [5.74, 6) is 0.0472. The van der Waals surface area contributed by atoms with E-state index in [1.807, 2.05) is 36.4 Å². The van der Waals surface area contributed by atoms with Crippen molar-refractivity contribution in [1.29, 1.82) is 0 Å². The van der Waals surface area contributed by atoms with Crippen LogP contribution in [0.1, 0.15) is 22.3 Å². The quantitative estimate of drug-likeness (QED) is 0.623. The Hall–Kier alpha value is -3.07. The topological polar surface area (TPSA) is 32.3 Å². The summed E-state index contributed by atoms with van der Waals surface area (Å²) in [4.78, 5) is 14.8. The highest BCUT2D eigenvalue weighted by molar-refractivity contribution is 5.81. The summed E-state index contributed by atoms with van der Waals surface area (Å²) in [5, 5.41) is 3.08. The Labute approximate surface area is 168 Å². The number of aryl methyl sites for hydroxylation is 2. The molecule has 28 heavy (non-hydrogen) atoms. The Bertz CT molecular complexity index is 905. The van der Waals surface area contributed by atoms with Gasteiger partial charge >= 0.3 is 0 Å². The zero-order chi connectivity index (χ0) is 19.8. The molecular weight excluding hydrogens is 344 g/mol. The van der Waals surface area contributed by atoms with Crippen molar-refractivity contribution < 1.29 is 4.79 Å². The molecule has 0 heterocycles. The minimum atomic E-state index is 0.0472. The van der Waals surface area contributed by atoms with Gasteiger partial charge in [0.2, 0.25) is 5.91 Å². The van der Waals surface area contributed by atoms with E-state index >= 15 is 0 Å². The largest absolute Gasteiger partial charge is 0.358 e. The maximum absolute atomic E-state index is 12.6. The molecule has 0 saturated heterocycles. The molecule has 3 nitrogen and oxygen atoms in total. The lowest BCUT2D eigenvalue weighted by Crippen LogP contribution is -2.37. The van der Waals surface area contributed by atoms with Crippen LogP contribution < -0.4 is 10.2 Å². The molecule has 0 unspecified atom stereocenters. The third-order valence-corrected chi connectivity index (χ3v) is 4.90. The number of carbonyl (C=O) groups is 1. The van der Waals surface area contributed by atoms with Gasteiger partial charge in [-0.15, -0.1) is 0 Å². The van der Waals surface area contributed by atoms with Gasteiger partial charge in [-0.25, -0.2) is 0 Å². The molecule has 0 radical (unpaired) electrons. The van der Waals surface area contributed by atoms with Crippen molar-refractivity contribution >= 4 is 11.6 Å². The van der Waals surface area contributed by atoms with Crippen LogP contribution in [0, 0.1) is 13.8 Å². The van der Waals surface area contributed by atoms with Gasteiger partial charge in [-0.3, -0.25) is 4.79 Å². The number of nitrogens with zero attached hydrogens (tertiary/aromatic N) is 1. The highest BCUT2D eigenvalue weighted by atomic mass is 16.2. The molecule has 0 aromatic heterocycles. The van der Waals surface area contributed by atoms with Crippen LogP contribution in [-0.4, -0.2) is 19.0 Å². The molecule has 1 N–H and O–H groups in total. The Balaban J connectivity index is 1.63. The summed E-state index contributed by atoms with van der Waals surface area (Å²) >= 11 is 0. The van der Waals surface area contributed by atoms with E-state index in [4.69, 9.17) is 0 Å². The van der Waals surface area contributed by atoms with Gasteiger partial charge in [0, 0.05) is 18.8 Å². The third kappa shape index (κ3) is 5.71. The van der Waals surface area contributed by atoms with E-state index < -0.39 is 0 Å². The fourth-order valence-electron chi connectivity index (χ4n) is 3.32. The maximum atomic E-state index is 12.6. The van der Waals surface area contributed by atoms with Crippen molar-refractivity contribution in [2.45, 2.75) is 26.8 Å². The molecule has 3 heteroatoms. The third-order valence-electron chi connectivity index (χ3n) is 4.90. The normalized spacial score (nSPS) is 10.5. The molecule has 3 aromatic carbocycles. The SMILES string of the molecule is Cc1cccc(N(CC(=O)NCCc2ccccc2C)Cc2ccccc2)c1. The minimum absolute atomic E-state index is 0.0472. The number of carbonyl (C=O) groups excluding carboxylic acids is 1. The van der Waals surface area contributed by atoms with Crippen LogP contribution >= 0.6 is 0 Å². The van der Waals surface area contributed by atoms with Crippen molar-refractivity contribution in [2.75, 3.05) is 18.0 Å². The molecule has 1 amide bonds. The molecule has 3 aromatic rings. The fourth-order valence-corrected chi connectivity index (χ4v) is 3.32. The van der Waals surface area contributed by atoms with Gasteiger partial charge < -0.3 is 10.2 Å². The average molecular weight is 373 g/mol. The molecule has 3 rings (SSSR count). The summed E-state index contributed by atoms with van der Waals surface area (Å²) in [6.07, 6.45) is 0.849. The van der Waals surface area contributed by atoms with Gasteiger partial charge in [-0.2, -0.15) is 0 Å². The summed E-state index contributed by atoms with van der Waals surface area (Å²) in [6, 6.07) is 26.9. The van der Waals surface area contributed by atoms with Gasteiger partial charge in [0.15, 0.2) is 0 Å². The molecule has 0 aliphatic carbocycles. The van der Waals surface area contributed by atoms with Gasteiger partial charge in [0.25, 0.3) is 0 Å². The molecule has 0 aliphatic rings. The standard InChI is InChI=1S/C25H28N2O/c1-20-9-8-14-24(17-20)27(18-22-11-4-3-5-12-22)19-25(28)26-16-15-23-13-7-6-10-21(23)2/h3-14,17H,15-16,18-19H2,1-2H3,(H,26,28). The lowest BCUT2D eigenvalue weighted by molar-refractivity contribution is -0.119. The Morgan fingerprint density at radius 2 is 1.64 bits per heavy atom. The van der Waals surface area contributed by atoms with E-state index in [2.05, 4.69) is 66.5 Å². The molecule has 0 spiro atoms. The van der Waals surface area contributed by atoms with Crippen LogP contribution in [0.25, 0.3) is 0 Å². The maximum Gasteiger partial charge on any atom is 0.239 e. The molecule has 0 atom stereocenters. The second-order valence-corrected chi connectivity index (χ2v) is 7.21.